The van der Waals surface area contributed by atoms with E-state index in [1.54, 1.807) is 7.11 Å². The van der Waals surface area contributed by atoms with Crippen molar-refractivity contribution in [2.75, 3.05) is 32.1 Å². The second-order valence-electron chi connectivity index (χ2n) is 9.85. The number of hydrogen-bond acceptors (Lipinski definition) is 5. The maximum absolute atomic E-state index is 12.3. The number of hydrogen-bond donors (Lipinski definition) is 3. The van der Waals surface area contributed by atoms with Gasteiger partial charge in [0, 0.05) is 49.5 Å². The van der Waals surface area contributed by atoms with E-state index in [1.165, 1.54) is 18.4 Å². The summed E-state index contributed by atoms with van der Waals surface area (Å²) in [6, 6.07) is 9.41. The van der Waals surface area contributed by atoms with Crippen LogP contribution in [-0.4, -0.2) is 49.8 Å². The number of aromatic nitrogens is 1. The van der Waals surface area contributed by atoms with E-state index in [2.05, 4.69) is 59.9 Å². The van der Waals surface area contributed by atoms with Crippen LogP contribution in [0.1, 0.15) is 61.0 Å². The number of nitrogens with one attached hydrogen (secondary N) is 3. The molecule has 1 saturated carbocycles. The van der Waals surface area contributed by atoms with Gasteiger partial charge in [0.25, 0.3) is 5.91 Å². The number of rotatable bonds is 7. The maximum Gasteiger partial charge on any atom is 0.251 e. The van der Waals surface area contributed by atoms with Gasteiger partial charge in [-0.3, -0.25) is 4.79 Å². The van der Waals surface area contributed by atoms with Crippen LogP contribution >= 0.6 is 0 Å². The molecule has 2 aliphatic rings. The Morgan fingerprint density at radius 2 is 1.88 bits per heavy atom. The third kappa shape index (κ3) is 4.97. The molecule has 3 N–H and O–H groups in total. The summed E-state index contributed by atoms with van der Waals surface area (Å²) in [5, 5.41) is 10.2. The van der Waals surface area contributed by atoms with Crippen LogP contribution in [0.2, 0.25) is 0 Å². The van der Waals surface area contributed by atoms with E-state index in [0.29, 0.717) is 18.6 Å². The van der Waals surface area contributed by atoms with Gasteiger partial charge in [0.15, 0.2) is 0 Å². The number of anilines is 1. The number of carbonyl (C=O) groups excluding carboxylic acids is 1. The molecule has 2 heterocycles. The lowest BCUT2D eigenvalue weighted by molar-refractivity contribution is 0.0930. The van der Waals surface area contributed by atoms with Gasteiger partial charge in [-0.25, -0.2) is 4.98 Å². The van der Waals surface area contributed by atoms with Crippen LogP contribution in [-0.2, 0) is 10.2 Å². The van der Waals surface area contributed by atoms with Gasteiger partial charge >= 0.3 is 0 Å². The summed E-state index contributed by atoms with van der Waals surface area (Å²) < 4.78 is 5.13. The summed E-state index contributed by atoms with van der Waals surface area (Å²) in [5.41, 5.74) is 5.26. The number of pyridine rings is 1. The zero-order chi connectivity index (χ0) is 22.7. The van der Waals surface area contributed by atoms with Gasteiger partial charge in [-0.2, -0.15) is 0 Å². The normalized spacial score (nSPS) is 22.2. The van der Waals surface area contributed by atoms with Crippen LogP contribution in [0, 0.1) is 6.92 Å². The molecule has 172 valence electrons. The van der Waals surface area contributed by atoms with Crippen LogP contribution in [0.4, 0.5) is 5.82 Å². The predicted octanol–water partition coefficient (Wildman–Crippen LogP) is 4.04. The molecule has 1 aliphatic carbocycles. The third-order valence-corrected chi connectivity index (χ3v) is 6.92. The first kappa shape index (κ1) is 22.7. The maximum atomic E-state index is 12.3. The van der Waals surface area contributed by atoms with Crippen molar-refractivity contribution in [2.24, 2.45) is 0 Å². The molecule has 1 aromatic carbocycles. The highest BCUT2D eigenvalue weighted by molar-refractivity contribution is 5.98. The van der Waals surface area contributed by atoms with Gasteiger partial charge in [-0.15, -0.1) is 0 Å². The van der Waals surface area contributed by atoms with E-state index in [1.807, 2.05) is 12.3 Å². The molecule has 1 aliphatic heterocycles. The summed E-state index contributed by atoms with van der Waals surface area (Å²) >= 11 is 0. The van der Waals surface area contributed by atoms with Gasteiger partial charge in [-0.1, -0.05) is 19.9 Å². The van der Waals surface area contributed by atoms with Gasteiger partial charge in [0.1, 0.15) is 5.82 Å². The number of ether oxygens (including phenoxy) is 1. The minimum absolute atomic E-state index is 0.0204. The second kappa shape index (κ2) is 9.59. The highest BCUT2D eigenvalue weighted by Crippen LogP contribution is 2.35. The molecule has 6 heteroatoms. The molecule has 0 radical (unpaired) electrons. The van der Waals surface area contributed by atoms with Crippen LogP contribution in [0.15, 0.2) is 30.5 Å². The molecule has 0 spiro atoms. The number of benzene rings is 1. The first-order valence-corrected chi connectivity index (χ1v) is 11.8. The Labute approximate surface area is 191 Å². The van der Waals surface area contributed by atoms with Crippen LogP contribution in [0.3, 0.4) is 0 Å². The molecule has 32 heavy (non-hydrogen) atoms. The van der Waals surface area contributed by atoms with Gasteiger partial charge < -0.3 is 20.7 Å². The van der Waals surface area contributed by atoms with E-state index in [-0.39, 0.29) is 11.3 Å². The van der Waals surface area contributed by atoms with Crippen molar-refractivity contribution < 1.29 is 9.53 Å². The standard InChI is InChI=1S/C26H36N4O2/c1-17-15-28-24(30-20-8-6-19(7-9-20)27-11-12-32-4)14-22(17)18-5-10-21-23(13-18)26(2,3)16-29-25(21)31/h5,10,13-15,19-20,27H,6-9,11-12,16H2,1-4H3,(H,28,30)(H,29,31)/t19-,20-. The highest BCUT2D eigenvalue weighted by Gasteiger charge is 2.31. The second-order valence-corrected chi connectivity index (χ2v) is 9.85. The van der Waals surface area contributed by atoms with E-state index in [4.69, 9.17) is 4.74 Å². The smallest absolute Gasteiger partial charge is 0.251 e. The Hall–Kier alpha value is -2.44. The lowest BCUT2D eigenvalue weighted by Gasteiger charge is -2.33. The number of aryl methyl sites for hydroxylation is 1. The first-order chi connectivity index (χ1) is 15.4. The summed E-state index contributed by atoms with van der Waals surface area (Å²) in [7, 11) is 1.74. The predicted molar refractivity (Wildman–Crippen MR) is 129 cm³/mol. The Morgan fingerprint density at radius 1 is 1.12 bits per heavy atom. The lowest BCUT2D eigenvalue weighted by Crippen LogP contribution is -2.43. The summed E-state index contributed by atoms with van der Waals surface area (Å²) in [6.45, 7) is 8.80. The van der Waals surface area contributed by atoms with Crippen molar-refractivity contribution >= 4 is 11.7 Å². The van der Waals surface area contributed by atoms with Crippen molar-refractivity contribution in [3.63, 3.8) is 0 Å². The summed E-state index contributed by atoms with van der Waals surface area (Å²) in [5.74, 6) is 0.947. The molecule has 1 fully saturated rings. The fraction of sp³-hybridized carbons (Fsp3) is 0.538. The Morgan fingerprint density at radius 3 is 2.62 bits per heavy atom. The van der Waals surface area contributed by atoms with Crippen molar-refractivity contribution in [1.29, 1.82) is 0 Å². The molecule has 0 bridgehead atoms. The Kier molecular flexibility index (Phi) is 6.82. The zero-order valence-electron chi connectivity index (χ0n) is 19.8. The highest BCUT2D eigenvalue weighted by atomic mass is 16.5. The first-order valence-electron chi connectivity index (χ1n) is 11.8. The molecule has 2 aromatic rings. The fourth-order valence-electron chi connectivity index (χ4n) is 4.89. The summed E-state index contributed by atoms with van der Waals surface area (Å²) in [4.78, 5) is 17.0. The molecular weight excluding hydrogens is 400 g/mol. The van der Waals surface area contributed by atoms with E-state index in [9.17, 15) is 4.79 Å². The summed E-state index contributed by atoms with van der Waals surface area (Å²) in [6.07, 6.45) is 6.56. The third-order valence-electron chi connectivity index (χ3n) is 6.92. The van der Waals surface area contributed by atoms with Gasteiger partial charge in [0.05, 0.1) is 6.61 Å². The Balaban J connectivity index is 1.48. The SMILES string of the molecule is COCCN[C@H]1CC[C@H](Nc2cc(-c3ccc4c(c3)C(C)(C)CNC4=O)c(C)cn2)CC1. The minimum atomic E-state index is -0.0861. The lowest BCUT2D eigenvalue weighted by atomic mass is 9.77. The minimum Gasteiger partial charge on any atom is -0.383 e. The zero-order valence-corrected chi connectivity index (χ0v) is 19.8. The molecular formula is C26H36N4O2. The van der Waals surface area contributed by atoms with E-state index >= 15 is 0 Å². The number of fused-ring (bicyclic) bond motifs is 1. The van der Waals surface area contributed by atoms with Crippen LogP contribution < -0.4 is 16.0 Å². The van der Waals surface area contributed by atoms with Crippen LogP contribution in [0.25, 0.3) is 11.1 Å². The molecule has 1 aromatic heterocycles. The largest absolute Gasteiger partial charge is 0.383 e. The average Bonchev–Trinajstić information content (AvgIpc) is 2.79. The molecule has 0 atom stereocenters. The number of amides is 1. The van der Waals surface area contributed by atoms with Crippen molar-refractivity contribution in [1.82, 2.24) is 15.6 Å². The average molecular weight is 437 g/mol. The van der Waals surface area contributed by atoms with E-state index < -0.39 is 0 Å². The van der Waals surface area contributed by atoms with Crippen molar-refractivity contribution in [3.05, 3.63) is 47.2 Å². The number of methoxy groups -OCH3 is 1. The fourth-order valence-corrected chi connectivity index (χ4v) is 4.89. The monoisotopic (exact) mass is 436 g/mol. The van der Waals surface area contributed by atoms with E-state index in [0.717, 1.165) is 54.1 Å². The Bertz CT molecular complexity index is 964. The topological polar surface area (TPSA) is 75.3 Å². The number of nitrogens with zero attached hydrogens (tertiary/aromatic N) is 1. The molecule has 6 nitrogen and oxygen atoms in total. The van der Waals surface area contributed by atoms with Crippen molar-refractivity contribution in [3.8, 4) is 11.1 Å². The molecule has 4 rings (SSSR count). The quantitative estimate of drug-likeness (QED) is 0.571. The van der Waals surface area contributed by atoms with Gasteiger partial charge in [0.2, 0.25) is 0 Å². The van der Waals surface area contributed by atoms with Crippen molar-refractivity contribution in [2.45, 2.75) is 64.0 Å². The molecule has 0 unspecified atom stereocenters. The van der Waals surface area contributed by atoms with Gasteiger partial charge in [-0.05, 0) is 73.1 Å². The molecule has 0 saturated heterocycles. The molecule has 1 amide bonds. The van der Waals surface area contributed by atoms with Crippen LogP contribution in [0.5, 0.6) is 0 Å². The number of carbonyl (C=O) groups is 1.